The number of carbonyl (C=O) groups is 5. The van der Waals surface area contributed by atoms with E-state index < -0.39 is 29.7 Å². The van der Waals surface area contributed by atoms with Crippen LogP contribution >= 0.6 is 12.4 Å². The van der Waals surface area contributed by atoms with Crippen LogP contribution in [0.25, 0.3) is 0 Å². The molecule has 10 nitrogen and oxygen atoms in total. The molecule has 172 valence electrons. The van der Waals surface area contributed by atoms with Crippen LogP contribution in [0, 0.1) is 0 Å². The summed E-state index contributed by atoms with van der Waals surface area (Å²) in [6.45, 7) is 1.13. The maximum Gasteiger partial charge on any atom is 0.266 e. The molecule has 3 aliphatic rings. The highest BCUT2D eigenvalue weighted by molar-refractivity contribution is 6.24. The molecule has 11 heteroatoms. The molecule has 2 fully saturated rings. The van der Waals surface area contributed by atoms with Gasteiger partial charge in [-0.25, -0.2) is 0 Å². The van der Waals surface area contributed by atoms with E-state index in [-0.39, 0.29) is 60.7 Å². The molecule has 0 radical (unpaired) electrons. The van der Waals surface area contributed by atoms with Gasteiger partial charge in [0.25, 0.3) is 17.7 Å². The van der Waals surface area contributed by atoms with Crippen LogP contribution in [0.15, 0.2) is 18.2 Å². The zero-order chi connectivity index (χ0) is 22.0. The van der Waals surface area contributed by atoms with Crippen LogP contribution in [0.5, 0.6) is 5.75 Å². The Bertz CT molecular complexity index is 946. The van der Waals surface area contributed by atoms with E-state index in [1.54, 1.807) is 6.07 Å². The van der Waals surface area contributed by atoms with Crippen molar-refractivity contribution in [2.75, 3.05) is 19.7 Å². The fourth-order valence-electron chi connectivity index (χ4n) is 4.13. The fourth-order valence-corrected chi connectivity index (χ4v) is 4.13. The second-order valence-corrected chi connectivity index (χ2v) is 7.87. The minimum absolute atomic E-state index is 0. The van der Waals surface area contributed by atoms with Crippen molar-refractivity contribution in [2.24, 2.45) is 0 Å². The van der Waals surface area contributed by atoms with Gasteiger partial charge in [0, 0.05) is 19.0 Å². The lowest BCUT2D eigenvalue weighted by molar-refractivity contribution is -0.136. The van der Waals surface area contributed by atoms with Crippen LogP contribution in [0.1, 0.15) is 52.8 Å². The molecule has 1 aromatic rings. The second kappa shape index (κ2) is 10.1. The van der Waals surface area contributed by atoms with Gasteiger partial charge in [0.05, 0.1) is 11.1 Å². The quantitative estimate of drug-likeness (QED) is 0.510. The third-order valence-electron chi connectivity index (χ3n) is 5.75. The first-order chi connectivity index (χ1) is 15.0. The molecule has 0 aliphatic carbocycles. The first kappa shape index (κ1) is 23.7. The van der Waals surface area contributed by atoms with Crippen LogP contribution < -0.4 is 20.7 Å². The van der Waals surface area contributed by atoms with Gasteiger partial charge in [0.2, 0.25) is 11.8 Å². The summed E-state index contributed by atoms with van der Waals surface area (Å²) >= 11 is 0. The fraction of sp³-hybridized carbons (Fsp3) is 0.476. The summed E-state index contributed by atoms with van der Waals surface area (Å²) in [5, 5.41) is 8.30. The highest BCUT2D eigenvalue weighted by Crippen LogP contribution is 2.33. The summed E-state index contributed by atoms with van der Waals surface area (Å²) in [4.78, 5) is 62.4. The Labute approximate surface area is 190 Å². The van der Waals surface area contributed by atoms with E-state index in [9.17, 15) is 24.0 Å². The van der Waals surface area contributed by atoms with Gasteiger partial charge in [-0.3, -0.25) is 34.2 Å². The highest BCUT2D eigenvalue weighted by atomic mass is 35.5. The number of hydrogen-bond donors (Lipinski definition) is 3. The first-order valence-electron chi connectivity index (χ1n) is 10.4. The Morgan fingerprint density at radius 2 is 1.94 bits per heavy atom. The van der Waals surface area contributed by atoms with Crippen LogP contribution in [0.3, 0.4) is 0 Å². The SMILES string of the molecule is Cl.O=C(COc1cccc2c1C(=O)N(C1CCC(=O)NC1=O)C2=O)NCC1CCCCN1. The second-order valence-electron chi connectivity index (χ2n) is 7.87. The summed E-state index contributed by atoms with van der Waals surface area (Å²) in [7, 11) is 0. The van der Waals surface area contributed by atoms with Gasteiger partial charge in [0.15, 0.2) is 6.61 Å². The number of halogens is 1. The molecule has 3 aliphatic heterocycles. The van der Waals surface area contributed by atoms with Crippen molar-refractivity contribution in [1.29, 1.82) is 0 Å². The van der Waals surface area contributed by atoms with Gasteiger partial charge in [-0.1, -0.05) is 12.5 Å². The Hall–Kier alpha value is -2.98. The average Bonchev–Trinajstić information content (AvgIpc) is 3.02. The molecule has 5 amide bonds. The standard InChI is InChI=1S/C21H24N4O6.ClH/c26-16-8-7-14(19(28)24-16)25-20(29)13-5-3-6-15(18(13)21(25)30)31-11-17(27)23-10-12-4-1-2-9-22-12;/h3,5-6,12,14,22H,1-2,4,7-11H2,(H,23,27)(H,24,26,28);1H. The predicted octanol–water partition coefficient (Wildman–Crippen LogP) is 0.147. The molecule has 0 bridgehead atoms. The van der Waals surface area contributed by atoms with Crippen molar-refractivity contribution in [2.45, 2.75) is 44.2 Å². The van der Waals surface area contributed by atoms with E-state index in [1.165, 1.54) is 12.1 Å². The van der Waals surface area contributed by atoms with Crippen molar-refractivity contribution in [1.82, 2.24) is 20.9 Å². The summed E-state index contributed by atoms with van der Waals surface area (Å²) in [6, 6.07) is 3.72. The topological polar surface area (TPSA) is 134 Å². The number of nitrogens with one attached hydrogen (secondary N) is 3. The summed E-state index contributed by atoms with van der Waals surface area (Å²) < 4.78 is 5.56. The highest BCUT2D eigenvalue weighted by Gasteiger charge is 2.46. The Morgan fingerprint density at radius 3 is 2.66 bits per heavy atom. The molecule has 2 unspecified atom stereocenters. The van der Waals surface area contributed by atoms with Crippen molar-refractivity contribution < 1.29 is 28.7 Å². The molecule has 1 aromatic carbocycles. The van der Waals surface area contributed by atoms with Gasteiger partial charge < -0.3 is 15.4 Å². The lowest BCUT2D eigenvalue weighted by Gasteiger charge is -2.27. The Balaban J connectivity index is 0.00000289. The average molecular weight is 465 g/mol. The molecule has 3 heterocycles. The molecular weight excluding hydrogens is 440 g/mol. The van der Waals surface area contributed by atoms with Gasteiger partial charge in [-0.05, 0) is 37.9 Å². The van der Waals surface area contributed by atoms with E-state index in [0.717, 1.165) is 30.7 Å². The van der Waals surface area contributed by atoms with Gasteiger partial charge in [-0.2, -0.15) is 0 Å². The lowest BCUT2D eigenvalue weighted by Crippen LogP contribution is -2.54. The molecule has 0 aromatic heterocycles. The van der Waals surface area contributed by atoms with Crippen molar-refractivity contribution in [3.05, 3.63) is 29.3 Å². The normalized spacial score (nSPS) is 22.7. The zero-order valence-electron chi connectivity index (χ0n) is 17.3. The molecule has 0 saturated carbocycles. The Morgan fingerprint density at radius 1 is 1.12 bits per heavy atom. The minimum atomic E-state index is -1.05. The van der Waals surface area contributed by atoms with E-state index in [4.69, 9.17) is 4.74 Å². The number of carbonyl (C=O) groups excluding carboxylic acids is 5. The molecule has 3 N–H and O–H groups in total. The van der Waals surface area contributed by atoms with Crippen molar-refractivity contribution in [3.8, 4) is 5.75 Å². The number of hydrogen-bond acceptors (Lipinski definition) is 7. The number of amides is 5. The summed E-state index contributed by atoms with van der Waals surface area (Å²) in [5.74, 6) is -2.62. The lowest BCUT2D eigenvalue weighted by atomic mass is 10.0. The molecular formula is C21H25ClN4O6. The maximum atomic E-state index is 13.0. The largest absolute Gasteiger partial charge is 0.483 e. The van der Waals surface area contributed by atoms with E-state index in [1.807, 2.05) is 0 Å². The number of fused-ring (bicyclic) bond motifs is 1. The van der Waals surface area contributed by atoms with Crippen LogP contribution in [-0.4, -0.2) is 66.2 Å². The van der Waals surface area contributed by atoms with E-state index in [2.05, 4.69) is 16.0 Å². The van der Waals surface area contributed by atoms with Crippen molar-refractivity contribution in [3.63, 3.8) is 0 Å². The van der Waals surface area contributed by atoms with Crippen LogP contribution in [-0.2, 0) is 14.4 Å². The van der Waals surface area contributed by atoms with Crippen LogP contribution in [0.2, 0.25) is 0 Å². The third kappa shape index (κ3) is 4.76. The smallest absolute Gasteiger partial charge is 0.266 e. The number of ether oxygens (including phenoxy) is 1. The Kier molecular flexibility index (Phi) is 7.47. The number of benzene rings is 1. The number of imide groups is 2. The van der Waals surface area contributed by atoms with Gasteiger partial charge in [0.1, 0.15) is 11.8 Å². The number of nitrogens with zero attached hydrogens (tertiary/aromatic N) is 1. The molecule has 0 spiro atoms. The monoisotopic (exact) mass is 464 g/mol. The van der Waals surface area contributed by atoms with Gasteiger partial charge in [-0.15, -0.1) is 12.4 Å². The minimum Gasteiger partial charge on any atom is -0.483 e. The van der Waals surface area contributed by atoms with E-state index in [0.29, 0.717) is 6.54 Å². The summed E-state index contributed by atoms with van der Waals surface area (Å²) in [5.41, 5.74) is 0.137. The maximum absolute atomic E-state index is 13.0. The third-order valence-corrected chi connectivity index (χ3v) is 5.75. The number of rotatable bonds is 6. The van der Waals surface area contributed by atoms with Crippen LogP contribution in [0.4, 0.5) is 0 Å². The first-order valence-corrected chi connectivity index (χ1v) is 10.4. The van der Waals surface area contributed by atoms with Gasteiger partial charge >= 0.3 is 0 Å². The molecule has 2 atom stereocenters. The zero-order valence-corrected chi connectivity index (χ0v) is 18.2. The predicted molar refractivity (Wildman–Crippen MR) is 115 cm³/mol. The molecule has 4 rings (SSSR count). The number of piperidine rings is 2. The van der Waals surface area contributed by atoms with Crippen molar-refractivity contribution >= 4 is 41.9 Å². The summed E-state index contributed by atoms with van der Waals surface area (Å²) in [6.07, 6.45) is 3.38. The molecule has 2 saturated heterocycles. The van der Waals surface area contributed by atoms with E-state index >= 15 is 0 Å². The molecule has 32 heavy (non-hydrogen) atoms.